The van der Waals surface area contributed by atoms with E-state index in [0.29, 0.717) is 55.7 Å². The van der Waals surface area contributed by atoms with Gasteiger partial charge in [0.05, 0.1) is 72.9 Å². The fraction of sp³-hybridized carbons (Fsp3) is 0.0241. The maximum atomic E-state index is 16.1. The van der Waals surface area contributed by atoms with Crippen molar-refractivity contribution in [1.29, 1.82) is 5.26 Å². The van der Waals surface area contributed by atoms with Crippen LogP contribution in [0.3, 0.4) is 0 Å². The molecule has 0 amide bonds. The molecule has 13 heteroatoms. The normalized spacial score (nSPS) is 11.8. The van der Waals surface area contributed by atoms with Gasteiger partial charge in [-0.05, 0) is 166 Å². The Balaban J connectivity index is 0.973. The highest BCUT2D eigenvalue weighted by molar-refractivity contribution is 6.14. The lowest BCUT2D eigenvalue weighted by Crippen LogP contribution is -2.15. The van der Waals surface area contributed by atoms with Crippen LogP contribution in [0, 0.1) is 11.3 Å². The summed E-state index contributed by atoms with van der Waals surface area (Å²) in [7, 11) is 0. The molecule has 458 valence electrons. The molecule has 0 saturated heterocycles. The van der Waals surface area contributed by atoms with E-state index in [1.54, 1.807) is 33.9 Å². The molecule has 0 saturated carbocycles. The van der Waals surface area contributed by atoms with E-state index >= 15 is 26.3 Å². The summed E-state index contributed by atoms with van der Waals surface area (Å²) in [6.07, 6.45) is -3.64. The maximum absolute atomic E-state index is 16.1. The lowest BCUT2D eigenvalue weighted by molar-refractivity contribution is -0.142. The highest BCUT2D eigenvalue weighted by Crippen LogP contribution is 2.50. The molecule has 0 atom stereocenters. The van der Waals surface area contributed by atoms with Gasteiger partial charge in [-0.2, -0.15) is 31.6 Å². The van der Waals surface area contributed by atoms with E-state index in [4.69, 9.17) is 0 Å². The van der Waals surface area contributed by atoms with Crippen molar-refractivity contribution in [3.05, 3.63) is 314 Å². The molecular formula is C83H49F6N7. The van der Waals surface area contributed by atoms with Gasteiger partial charge in [0.15, 0.2) is 0 Å². The zero-order valence-corrected chi connectivity index (χ0v) is 50.7. The Morgan fingerprint density at radius 2 is 0.573 bits per heavy atom. The summed E-state index contributed by atoms with van der Waals surface area (Å²) in [5.74, 6) is 0. The molecular weight excluding hydrogens is 1210 g/mol. The second-order valence-electron chi connectivity index (χ2n) is 23.5. The summed E-state index contributed by atoms with van der Waals surface area (Å²) in [6.45, 7) is 0. The van der Waals surface area contributed by atoms with Crippen molar-refractivity contribution in [1.82, 2.24) is 29.1 Å². The number of hydrogen-bond acceptors (Lipinski definition) is 5. The molecule has 0 radical (unpaired) electrons. The molecule has 96 heavy (non-hydrogen) atoms. The molecule has 0 fully saturated rings. The quantitative estimate of drug-likeness (QED) is 0.120. The molecule has 0 aliphatic rings. The minimum Gasteiger partial charge on any atom is -0.309 e. The van der Waals surface area contributed by atoms with Crippen molar-refractivity contribution in [2.45, 2.75) is 12.4 Å². The Morgan fingerprint density at radius 1 is 0.281 bits per heavy atom. The minimum absolute atomic E-state index is 0.0271. The largest absolute Gasteiger partial charge is 0.417 e. The molecule has 0 aliphatic heterocycles. The highest BCUT2D eigenvalue weighted by atomic mass is 19.4. The number of halogens is 6. The third kappa shape index (κ3) is 10.6. The number of hydrogen-bond donors (Lipinski definition) is 0. The van der Waals surface area contributed by atoms with Crippen LogP contribution in [0.25, 0.3) is 156 Å². The van der Waals surface area contributed by atoms with Crippen LogP contribution in [0.2, 0.25) is 0 Å². The van der Waals surface area contributed by atoms with E-state index < -0.39 is 34.6 Å². The van der Waals surface area contributed by atoms with Crippen molar-refractivity contribution in [3.8, 4) is 118 Å². The van der Waals surface area contributed by atoms with Crippen LogP contribution in [0.1, 0.15) is 16.7 Å². The first kappa shape index (κ1) is 58.5. The predicted molar refractivity (Wildman–Crippen MR) is 370 cm³/mol. The number of benzene rings is 10. The predicted octanol–water partition coefficient (Wildman–Crippen LogP) is 22.4. The van der Waals surface area contributed by atoms with E-state index in [0.717, 1.165) is 95.6 Å². The molecule has 16 rings (SSSR count). The highest BCUT2D eigenvalue weighted by Gasteiger charge is 2.42. The van der Waals surface area contributed by atoms with Crippen LogP contribution < -0.4 is 0 Å². The molecule has 10 aromatic carbocycles. The average Bonchev–Trinajstić information content (AvgIpc) is 1.54. The molecule has 0 N–H and O–H groups in total. The van der Waals surface area contributed by atoms with Gasteiger partial charge in [-0.25, -0.2) is 0 Å². The molecule has 6 heterocycles. The summed E-state index contributed by atoms with van der Waals surface area (Å²) in [5, 5.41) is 14.4. The van der Waals surface area contributed by atoms with Crippen molar-refractivity contribution < 1.29 is 26.3 Å². The minimum atomic E-state index is -5.29. The molecule has 7 nitrogen and oxygen atoms in total. The van der Waals surface area contributed by atoms with Gasteiger partial charge in [0, 0.05) is 79.7 Å². The van der Waals surface area contributed by atoms with Crippen molar-refractivity contribution in [2.75, 3.05) is 0 Å². The Hall–Kier alpha value is -12.5. The first-order valence-electron chi connectivity index (χ1n) is 30.9. The number of alkyl halides is 6. The Kier molecular flexibility index (Phi) is 14.4. The van der Waals surface area contributed by atoms with E-state index in [-0.39, 0.29) is 16.9 Å². The van der Waals surface area contributed by atoms with E-state index in [9.17, 15) is 5.26 Å². The fourth-order valence-electron chi connectivity index (χ4n) is 13.3. The first-order chi connectivity index (χ1) is 46.8. The van der Waals surface area contributed by atoms with E-state index in [1.165, 1.54) is 12.1 Å². The van der Waals surface area contributed by atoms with Crippen LogP contribution in [0.15, 0.2) is 298 Å². The van der Waals surface area contributed by atoms with Crippen molar-refractivity contribution >= 4 is 43.6 Å². The number of nitrogens with zero attached hydrogens (tertiary/aromatic N) is 7. The zero-order chi connectivity index (χ0) is 65.2. The summed E-state index contributed by atoms with van der Waals surface area (Å²) in [6, 6.07) is 84.9. The number of fused-ring (bicyclic) bond motifs is 6. The standard InChI is InChI=1S/C83H49F6N7/c84-82(85,86)69-22-13-23-70(83(87,88)89)81(69)68-49-79(95-75-28-24-55(59-32-36-91-71(44-59)51-14-5-1-6-15-51)40-64(75)65-41-56(25-29-76(65)95)60-33-37-92-72(45-60)52-16-7-2-8-17-52)63(50-90)48-80(68)96-77-30-26-57(61-34-38-93-73(46-61)53-18-9-3-10-19-53)42-66(77)67-43-58(27-31-78(67)96)62-35-39-94-74(47-62)54-20-11-4-12-21-54/h1-49H. The van der Waals surface area contributed by atoms with Gasteiger partial charge in [0.25, 0.3) is 0 Å². The van der Waals surface area contributed by atoms with Gasteiger partial charge in [-0.3, -0.25) is 19.9 Å². The molecule has 16 aromatic rings. The summed E-state index contributed by atoms with van der Waals surface area (Å²) in [5.41, 5.74) is 10.4. The second kappa shape index (κ2) is 23.5. The summed E-state index contributed by atoms with van der Waals surface area (Å²) in [4.78, 5) is 18.7. The topological polar surface area (TPSA) is 85.2 Å². The van der Waals surface area contributed by atoms with E-state index in [1.807, 2.05) is 243 Å². The fourth-order valence-corrected chi connectivity index (χ4v) is 13.3. The van der Waals surface area contributed by atoms with Crippen LogP contribution >= 0.6 is 0 Å². The van der Waals surface area contributed by atoms with Gasteiger partial charge in [0.1, 0.15) is 6.07 Å². The molecule has 0 unspecified atom stereocenters. The number of rotatable bonds is 11. The number of pyridine rings is 4. The molecule has 0 bridgehead atoms. The van der Waals surface area contributed by atoms with Gasteiger partial charge in [0.2, 0.25) is 0 Å². The van der Waals surface area contributed by atoms with E-state index in [2.05, 4.69) is 26.0 Å². The number of nitriles is 1. The second-order valence-corrected chi connectivity index (χ2v) is 23.5. The SMILES string of the molecule is N#Cc1cc(-n2c3ccc(-c4ccnc(-c5ccccc5)c4)cc3c3cc(-c4ccnc(-c5ccccc5)c4)ccc32)c(-c2c(C(F)(F)F)cccc2C(F)(F)F)cc1-n1c2ccc(-c3ccnc(-c4ccccc4)c3)cc2c2cc(-c3ccnc(-c4ccccc4)c3)ccc21. The number of aromatic nitrogens is 6. The van der Waals surface area contributed by atoms with Crippen LogP contribution in [0.5, 0.6) is 0 Å². The van der Waals surface area contributed by atoms with Gasteiger partial charge in [-0.15, -0.1) is 0 Å². The molecule has 0 aliphatic carbocycles. The summed E-state index contributed by atoms with van der Waals surface area (Å²) >= 11 is 0. The van der Waals surface area contributed by atoms with Crippen LogP contribution in [0.4, 0.5) is 26.3 Å². The Bertz CT molecular complexity index is 5440. The van der Waals surface area contributed by atoms with Crippen molar-refractivity contribution in [2.24, 2.45) is 0 Å². The van der Waals surface area contributed by atoms with Crippen LogP contribution in [-0.4, -0.2) is 29.1 Å². The van der Waals surface area contributed by atoms with Crippen LogP contribution in [-0.2, 0) is 12.4 Å². The summed E-state index contributed by atoms with van der Waals surface area (Å²) < 4.78 is 99.8. The monoisotopic (exact) mass is 1260 g/mol. The third-order valence-corrected chi connectivity index (χ3v) is 17.8. The van der Waals surface area contributed by atoms with Crippen molar-refractivity contribution in [3.63, 3.8) is 0 Å². The maximum Gasteiger partial charge on any atom is 0.417 e. The van der Waals surface area contributed by atoms with Gasteiger partial charge in [-0.1, -0.05) is 152 Å². The smallest absolute Gasteiger partial charge is 0.309 e. The Morgan fingerprint density at radius 3 is 0.865 bits per heavy atom. The third-order valence-electron chi connectivity index (χ3n) is 17.8. The lowest BCUT2D eigenvalue weighted by Gasteiger charge is -2.24. The van der Waals surface area contributed by atoms with Gasteiger partial charge < -0.3 is 9.13 Å². The lowest BCUT2D eigenvalue weighted by atomic mass is 9.90. The molecule has 6 aromatic heterocycles. The van der Waals surface area contributed by atoms with Gasteiger partial charge >= 0.3 is 12.4 Å². The first-order valence-corrected chi connectivity index (χ1v) is 30.9. The zero-order valence-electron chi connectivity index (χ0n) is 50.7. The average molecular weight is 1260 g/mol. The molecule has 0 spiro atoms. The Labute approximate surface area is 546 Å².